The van der Waals surface area contributed by atoms with Gasteiger partial charge in [0.1, 0.15) is 10.8 Å². The number of aryl methyl sites for hydroxylation is 2. The van der Waals surface area contributed by atoms with Gasteiger partial charge in [0.05, 0.1) is 0 Å². The number of hydrogen-bond donors (Lipinski definition) is 2. The second kappa shape index (κ2) is 6.01. The van der Waals surface area contributed by atoms with Crippen LogP contribution in [0, 0.1) is 20.8 Å². The van der Waals surface area contributed by atoms with Gasteiger partial charge in [0.2, 0.25) is 5.88 Å². The Morgan fingerprint density at radius 3 is 2.57 bits per heavy atom. The van der Waals surface area contributed by atoms with Gasteiger partial charge in [-0.25, -0.2) is 4.98 Å². The van der Waals surface area contributed by atoms with Gasteiger partial charge in [-0.2, -0.15) is 0 Å². The fourth-order valence-corrected chi connectivity index (χ4v) is 2.17. The molecule has 1 heterocycles. The van der Waals surface area contributed by atoms with E-state index in [1.54, 1.807) is 6.07 Å². The van der Waals surface area contributed by atoms with Crippen molar-refractivity contribution >= 4 is 17.4 Å². The summed E-state index contributed by atoms with van der Waals surface area (Å²) in [5.41, 5.74) is 9.04. The minimum atomic E-state index is -0.0927. The van der Waals surface area contributed by atoms with Crippen molar-refractivity contribution in [2.75, 3.05) is 0 Å². The lowest BCUT2D eigenvalue weighted by atomic mass is 10.1. The van der Waals surface area contributed by atoms with E-state index in [0.29, 0.717) is 11.3 Å². The van der Waals surface area contributed by atoms with Gasteiger partial charge in [-0.1, -0.05) is 28.9 Å². The van der Waals surface area contributed by atoms with Crippen molar-refractivity contribution in [1.82, 2.24) is 4.98 Å². The van der Waals surface area contributed by atoms with Crippen molar-refractivity contribution in [2.45, 2.75) is 20.8 Å². The molecular formula is C15H16ClN3O2. The highest BCUT2D eigenvalue weighted by Gasteiger charge is 2.15. The molecule has 0 bridgehead atoms. The Hall–Kier alpha value is -2.27. The Labute approximate surface area is 128 Å². The summed E-state index contributed by atoms with van der Waals surface area (Å²) in [6, 6.07) is 5.55. The van der Waals surface area contributed by atoms with E-state index in [4.69, 9.17) is 27.3 Å². The highest BCUT2D eigenvalue weighted by molar-refractivity contribution is 6.35. The van der Waals surface area contributed by atoms with E-state index in [-0.39, 0.29) is 16.7 Å². The van der Waals surface area contributed by atoms with Gasteiger partial charge in [0, 0.05) is 11.8 Å². The topological polar surface area (TPSA) is 80.7 Å². The zero-order valence-electron chi connectivity index (χ0n) is 12.0. The average molecular weight is 306 g/mol. The largest absolute Gasteiger partial charge is 0.437 e. The third-order valence-corrected chi connectivity index (χ3v) is 3.68. The molecule has 5 nitrogen and oxygen atoms in total. The highest BCUT2D eigenvalue weighted by Crippen LogP contribution is 2.34. The average Bonchev–Trinajstić information content (AvgIpc) is 2.48. The maximum absolute atomic E-state index is 8.76. The normalized spacial score (nSPS) is 11.5. The number of halogens is 1. The first kappa shape index (κ1) is 15.1. The molecule has 110 valence electrons. The van der Waals surface area contributed by atoms with Crippen LogP contribution in [0.15, 0.2) is 29.6 Å². The number of benzene rings is 1. The number of ether oxygens (including phenoxy) is 1. The molecule has 0 aliphatic carbocycles. The van der Waals surface area contributed by atoms with Gasteiger partial charge >= 0.3 is 0 Å². The fourth-order valence-electron chi connectivity index (χ4n) is 1.93. The first-order valence-electron chi connectivity index (χ1n) is 6.32. The zero-order valence-corrected chi connectivity index (χ0v) is 12.8. The van der Waals surface area contributed by atoms with E-state index in [1.165, 1.54) is 6.20 Å². The Morgan fingerprint density at radius 2 is 1.90 bits per heavy atom. The summed E-state index contributed by atoms with van der Waals surface area (Å²) in [5.74, 6) is 0.837. The summed E-state index contributed by atoms with van der Waals surface area (Å²) < 4.78 is 5.85. The van der Waals surface area contributed by atoms with Crippen LogP contribution in [0.25, 0.3) is 0 Å². The molecule has 0 fully saturated rings. The number of aromatic nitrogens is 1. The summed E-state index contributed by atoms with van der Waals surface area (Å²) in [6.45, 7) is 5.92. The number of hydrogen-bond acceptors (Lipinski definition) is 4. The molecule has 3 N–H and O–H groups in total. The summed E-state index contributed by atoms with van der Waals surface area (Å²) in [4.78, 5) is 4.12. The van der Waals surface area contributed by atoms with Crippen LogP contribution in [0.3, 0.4) is 0 Å². The van der Waals surface area contributed by atoms with Crippen LogP contribution in [0.1, 0.15) is 22.3 Å². The summed E-state index contributed by atoms with van der Waals surface area (Å²) in [6.07, 6.45) is 1.50. The number of rotatable bonds is 3. The lowest BCUT2D eigenvalue weighted by molar-refractivity contribution is 0.318. The number of pyridine rings is 1. The molecule has 0 aliphatic rings. The third-order valence-electron chi connectivity index (χ3n) is 3.31. The summed E-state index contributed by atoms with van der Waals surface area (Å²) >= 11 is 6.22. The first-order chi connectivity index (χ1) is 9.95. The molecule has 2 aromatic rings. The standard InChI is InChI=1S/C15H16ClN3O2/c1-8-4-5-9(2)13(10(8)3)21-15-12(16)11(6-7-18-15)14(17)19-20/h4-7,20H,1-3H3,(H2,17,19). The monoisotopic (exact) mass is 305 g/mol. The van der Waals surface area contributed by atoms with Gasteiger partial charge in [0.15, 0.2) is 5.84 Å². The number of amidine groups is 1. The lowest BCUT2D eigenvalue weighted by Gasteiger charge is -2.14. The van der Waals surface area contributed by atoms with Crippen LogP contribution in [0.2, 0.25) is 5.02 Å². The molecule has 0 amide bonds. The minimum absolute atomic E-state index is 0.0927. The smallest absolute Gasteiger partial charge is 0.238 e. The Balaban J connectivity index is 2.49. The van der Waals surface area contributed by atoms with Crippen molar-refractivity contribution in [3.8, 4) is 11.6 Å². The maximum Gasteiger partial charge on any atom is 0.238 e. The molecule has 21 heavy (non-hydrogen) atoms. The zero-order chi connectivity index (χ0) is 15.6. The molecule has 0 radical (unpaired) electrons. The van der Waals surface area contributed by atoms with Crippen molar-refractivity contribution < 1.29 is 9.94 Å². The lowest BCUT2D eigenvalue weighted by Crippen LogP contribution is -2.14. The van der Waals surface area contributed by atoms with Crippen molar-refractivity contribution in [3.63, 3.8) is 0 Å². The predicted molar refractivity (Wildman–Crippen MR) is 82.5 cm³/mol. The van der Waals surface area contributed by atoms with E-state index in [0.717, 1.165) is 16.7 Å². The Kier molecular flexibility index (Phi) is 4.33. The number of nitrogens with two attached hydrogens (primary N) is 1. The minimum Gasteiger partial charge on any atom is -0.437 e. The third kappa shape index (κ3) is 2.92. The van der Waals surface area contributed by atoms with Gasteiger partial charge in [-0.3, -0.25) is 0 Å². The van der Waals surface area contributed by atoms with Gasteiger partial charge in [0.25, 0.3) is 0 Å². The highest BCUT2D eigenvalue weighted by atomic mass is 35.5. The van der Waals surface area contributed by atoms with Crippen molar-refractivity contribution in [1.29, 1.82) is 0 Å². The van der Waals surface area contributed by atoms with Gasteiger partial charge < -0.3 is 15.7 Å². The molecule has 0 aliphatic heterocycles. The van der Waals surface area contributed by atoms with Gasteiger partial charge in [-0.05, 0) is 43.5 Å². The van der Waals surface area contributed by atoms with Crippen LogP contribution in [0.4, 0.5) is 0 Å². The quantitative estimate of drug-likeness (QED) is 0.393. The van der Waals surface area contributed by atoms with Gasteiger partial charge in [-0.15, -0.1) is 0 Å². The van der Waals surface area contributed by atoms with E-state index in [2.05, 4.69) is 10.1 Å². The molecule has 0 atom stereocenters. The van der Waals surface area contributed by atoms with Crippen LogP contribution in [-0.4, -0.2) is 16.0 Å². The first-order valence-corrected chi connectivity index (χ1v) is 6.70. The Bertz CT molecular complexity index is 714. The predicted octanol–water partition coefficient (Wildman–Crippen LogP) is 3.55. The molecule has 1 aromatic carbocycles. The molecule has 0 unspecified atom stereocenters. The van der Waals surface area contributed by atoms with Crippen molar-refractivity contribution in [2.24, 2.45) is 10.9 Å². The molecule has 0 saturated carbocycles. The van der Waals surface area contributed by atoms with Crippen molar-refractivity contribution in [3.05, 3.63) is 51.7 Å². The summed E-state index contributed by atoms with van der Waals surface area (Å²) in [5, 5.41) is 11.9. The van der Waals surface area contributed by atoms with E-state index in [1.807, 2.05) is 32.9 Å². The Morgan fingerprint density at radius 1 is 1.24 bits per heavy atom. The van der Waals surface area contributed by atoms with Crippen LogP contribution in [-0.2, 0) is 0 Å². The molecular weight excluding hydrogens is 290 g/mol. The van der Waals surface area contributed by atoms with E-state index >= 15 is 0 Å². The molecule has 6 heteroatoms. The van der Waals surface area contributed by atoms with E-state index < -0.39 is 0 Å². The maximum atomic E-state index is 8.76. The number of nitrogens with zero attached hydrogens (tertiary/aromatic N) is 2. The van der Waals surface area contributed by atoms with Crippen LogP contribution >= 0.6 is 11.6 Å². The fraction of sp³-hybridized carbons (Fsp3) is 0.200. The molecule has 0 spiro atoms. The number of oxime groups is 1. The SMILES string of the molecule is Cc1ccc(C)c(Oc2nccc(/C(N)=N/O)c2Cl)c1C. The molecule has 0 saturated heterocycles. The van der Waals surface area contributed by atoms with Crippen LogP contribution in [0.5, 0.6) is 11.6 Å². The molecule has 2 rings (SSSR count). The second-order valence-electron chi connectivity index (χ2n) is 4.72. The summed E-state index contributed by atoms with van der Waals surface area (Å²) in [7, 11) is 0. The van der Waals surface area contributed by atoms with Crippen LogP contribution < -0.4 is 10.5 Å². The van der Waals surface area contributed by atoms with E-state index in [9.17, 15) is 0 Å². The second-order valence-corrected chi connectivity index (χ2v) is 5.10. The molecule has 1 aromatic heterocycles.